The van der Waals surface area contributed by atoms with Gasteiger partial charge in [-0.05, 0) is 18.6 Å². The minimum absolute atomic E-state index is 0.375. The van der Waals surface area contributed by atoms with Crippen LogP contribution in [0.3, 0.4) is 0 Å². The lowest BCUT2D eigenvalue weighted by atomic mass is 9.95. The largest absolute Gasteiger partial charge is 0.312 e. The standard InChI is InChI=1S/C10H20ClNS/c1-2-13-8-7-12-10-6-4-3-5-9(10)11/h9-10,12H,2-8H2,1H3. The van der Waals surface area contributed by atoms with Gasteiger partial charge in [-0.1, -0.05) is 19.8 Å². The Morgan fingerprint density at radius 2 is 2.15 bits per heavy atom. The molecule has 0 saturated heterocycles. The van der Waals surface area contributed by atoms with Crippen LogP contribution in [-0.2, 0) is 0 Å². The van der Waals surface area contributed by atoms with Crippen molar-refractivity contribution in [3.8, 4) is 0 Å². The second-order valence-electron chi connectivity index (χ2n) is 3.56. The molecule has 1 saturated carbocycles. The molecule has 0 spiro atoms. The van der Waals surface area contributed by atoms with E-state index in [1.807, 2.05) is 11.8 Å². The summed E-state index contributed by atoms with van der Waals surface area (Å²) in [5.74, 6) is 2.44. The molecular weight excluding hydrogens is 202 g/mol. The van der Waals surface area contributed by atoms with E-state index in [0.29, 0.717) is 11.4 Å². The van der Waals surface area contributed by atoms with Crippen molar-refractivity contribution >= 4 is 23.4 Å². The van der Waals surface area contributed by atoms with Crippen LogP contribution in [0.5, 0.6) is 0 Å². The molecule has 0 radical (unpaired) electrons. The van der Waals surface area contributed by atoms with Gasteiger partial charge in [-0.2, -0.15) is 11.8 Å². The van der Waals surface area contributed by atoms with Gasteiger partial charge in [0.05, 0.1) is 0 Å². The summed E-state index contributed by atoms with van der Waals surface area (Å²) in [4.78, 5) is 0. The molecule has 1 N–H and O–H groups in total. The molecule has 2 atom stereocenters. The quantitative estimate of drug-likeness (QED) is 0.566. The van der Waals surface area contributed by atoms with Gasteiger partial charge in [0, 0.05) is 23.7 Å². The molecule has 1 aliphatic carbocycles. The first-order valence-electron chi connectivity index (χ1n) is 5.29. The lowest BCUT2D eigenvalue weighted by Crippen LogP contribution is -2.40. The molecular formula is C10H20ClNS. The smallest absolute Gasteiger partial charge is 0.0489 e. The Balaban J connectivity index is 2.05. The molecule has 0 aliphatic heterocycles. The molecule has 1 nitrogen and oxygen atoms in total. The van der Waals surface area contributed by atoms with Crippen LogP contribution in [0.4, 0.5) is 0 Å². The zero-order valence-corrected chi connectivity index (χ0v) is 9.96. The summed E-state index contributed by atoms with van der Waals surface area (Å²) in [6.07, 6.45) is 5.13. The average molecular weight is 222 g/mol. The van der Waals surface area contributed by atoms with Crippen LogP contribution in [0.1, 0.15) is 32.6 Å². The maximum Gasteiger partial charge on any atom is 0.0489 e. The lowest BCUT2D eigenvalue weighted by Gasteiger charge is -2.27. The number of thioether (sulfide) groups is 1. The minimum atomic E-state index is 0.375. The van der Waals surface area contributed by atoms with Crippen LogP contribution in [0.2, 0.25) is 0 Å². The second-order valence-corrected chi connectivity index (χ2v) is 5.51. The van der Waals surface area contributed by atoms with E-state index in [1.54, 1.807) is 0 Å². The van der Waals surface area contributed by atoms with E-state index in [-0.39, 0.29) is 0 Å². The van der Waals surface area contributed by atoms with E-state index in [4.69, 9.17) is 11.6 Å². The Bertz CT molecular complexity index is 132. The van der Waals surface area contributed by atoms with Crippen molar-refractivity contribution in [2.75, 3.05) is 18.1 Å². The highest BCUT2D eigenvalue weighted by Gasteiger charge is 2.21. The van der Waals surface area contributed by atoms with Crippen molar-refractivity contribution in [1.29, 1.82) is 0 Å². The summed E-state index contributed by atoms with van der Waals surface area (Å²) >= 11 is 8.22. The number of rotatable bonds is 5. The number of hydrogen-bond acceptors (Lipinski definition) is 2. The Kier molecular flexibility index (Phi) is 6.26. The number of hydrogen-bond donors (Lipinski definition) is 1. The van der Waals surface area contributed by atoms with Crippen LogP contribution in [0, 0.1) is 0 Å². The fourth-order valence-corrected chi connectivity index (χ4v) is 2.70. The summed E-state index contributed by atoms with van der Waals surface area (Å²) in [6.45, 7) is 3.32. The third kappa shape index (κ3) is 4.57. The fraction of sp³-hybridized carbons (Fsp3) is 1.00. The van der Waals surface area contributed by atoms with Gasteiger partial charge in [0.1, 0.15) is 0 Å². The van der Waals surface area contributed by atoms with E-state index in [9.17, 15) is 0 Å². The monoisotopic (exact) mass is 221 g/mol. The molecule has 1 fully saturated rings. The van der Waals surface area contributed by atoms with Crippen molar-refractivity contribution in [3.63, 3.8) is 0 Å². The summed E-state index contributed by atoms with van der Waals surface area (Å²) in [6, 6.07) is 0.577. The molecule has 3 heteroatoms. The van der Waals surface area contributed by atoms with Crippen LogP contribution in [-0.4, -0.2) is 29.5 Å². The summed E-state index contributed by atoms with van der Waals surface area (Å²) < 4.78 is 0. The van der Waals surface area contributed by atoms with E-state index in [1.165, 1.54) is 37.2 Å². The predicted molar refractivity (Wildman–Crippen MR) is 62.9 cm³/mol. The van der Waals surface area contributed by atoms with Crippen LogP contribution < -0.4 is 5.32 Å². The minimum Gasteiger partial charge on any atom is -0.312 e. The molecule has 0 amide bonds. The molecule has 13 heavy (non-hydrogen) atoms. The van der Waals surface area contributed by atoms with E-state index in [0.717, 1.165) is 6.54 Å². The van der Waals surface area contributed by atoms with Gasteiger partial charge in [0.25, 0.3) is 0 Å². The van der Waals surface area contributed by atoms with E-state index in [2.05, 4.69) is 12.2 Å². The Morgan fingerprint density at radius 1 is 1.38 bits per heavy atom. The Labute approximate surface area is 91.0 Å². The predicted octanol–water partition coefficient (Wildman–Crippen LogP) is 2.88. The fourth-order valence-electron chi connectivity index (χ4n) is 1.78. The van der Waals surface area contributed by atoms with E-state index < -0.39 is 0 Å². The van der Waals surface area contributed by atoms with Crippen molar-refractivity contribution in [3.05, 3.63) is 0 Å². The van der Waals surface area contributed by atoms with Crippen molar-refractivity contribution in [2.45, 2.75) is 44.0 Å². The first-order chi connectivity index (χ1) is 6.34. The summed E-state index contributed by atoms with van der Waals surface area (Å²) in [7, 11) is 0. The maximum absolute atomic E-state index is 6.23. The first-order valence-corrected chi connectivity index (χ1v) is 6.89. The highest BCUT2D eigenvalue weighted by atomic mass is 35.5. The lowest BCUT2D eigenvalue weighted by molar-refractivity contribution is 0.387. The van der Waals surface area contributed by atoms with Crippen LogP contribution in [0.15, 0.2) is 0 Å². The zero-order valence-electron chi connectivity index (χ0n) is 8.39. The molecule has 1 aliphatic rings. The maximum atomic E-state index is 6.23. The molecule has 0 heterocycles. The topological polar surface area (TPSA) is 12.0 Å². The number of nitrogens with one attached hydrogen (secondary N) is 1. The van der Waals surface area contributed by atoms with Crippen molar-refractivity contribution < 1.29 is 0 Å². The Morgan fingerprint density at radius 3 is 2.85 bits per heavy atom. The van der Waals surface area contributed by atoms with Gasteiger partial charge >= 0.3 is 0 Å². The molecule has 0 aromatic carbocycles. The van der Waals surface area contributed by atoms with Gasteiger partial charge in [0.15, 0.2) is 0 Å². The number of alkyl halides is 1. The average Bonchev–Trinajstić information content (AvgIpc) is 2.15. The highest BCUT2D eigenvalue weighted by molar-refractivity contribution is 7.99. The third-order valence-corrected chi connectivity index (χ3v) is 3.96. The van der Waals surface area contributed by atoms with Gasteiger partial charge < -0.3 is 5.32 Å². The molecule has 78 valence electrons. The van der Waals surface area contributed by atoms with Gasteiger partial charge in [-0.15, -0.1) is 11.6 Å². The first kappa shape index (κ1) is 11.7. The van der Waals surface area contributed by atoms with Crippen LogP contribution >= 0.6 is 23.4 Å². The molecule has 1 rings (SSSR count). The SMILES string of the molecule is CCSCCNC1CCCCC1Cl. The van der Waals surface area contributed by atoms with E-state index >= 15 is 0 Å². The normalized spacial score (nSPS) is 29.1. The second kappa shape index (κ2) is 6.97. The van der Waals surface area contributed by atoms with Crippen molar-refractivity contribution in [2.24, 2.45) is 0 Å². The van der Waals surface area contributed by atoms with Crippen molar-refractivity contribution in [1.82, 2.24) is 5.32 Å². The zero-order chi connectivity index (χ0) is 9.52. The summed E-state index contributed by atoms with van der Waals surface area (Å²) in [5, 5.41) is 3.93. The van der Waals surface area contributed by atoms with Gasteiger partial charge in [-0.3, -0.25) is 0 Å². The molecule has 0 bridgehead atoms. The van der Waals surface area contributed by atoms with Gasteiger partial charge in [0.2, 0.25) is 0 Å². The Hall–Kier alpha value is 0.600. The molecule has 0 aromatic heterocycles. The van der Waals surface area contributed by atoms with Gasteiger partial charge in [-0.25, -0.2) is 0 Å². The number of halogens is 1. The third-order valence-electron chi connectivity index (χ3n) is 2.54. The van der Waals surface area contributed by atoms with Crippen LogP contribution in [0.25, 0.3) is 0 Å². The molecule has 0 aromatic rings. The summed E-state index contributed by atoms with van der Waals surface area (Å²) in [5.41, 5.74) is 0. The highest BCUT2D eigenvalue weighted by Crippen LogP contribution is 2.22. The molecule has 2 unspecified atom stereocenters.